The van der Waals surface area contributed by atoms with Crippen molar-refractivity contribution in [3.8, 4) is 0 Å². The molecule has 4 N–H and O–H groups in total. The molecule has 1 atom stereocenters. The van der Waals surface area contributed by atoms with Crippen LogP contribution in [0.4, 0.5) is 20.2 Å². The van der Waals surface area contributed by atoms with Crippen LogP contribution < -0.4 is 15.2 Å². The largest absolute Gasteiger partial charge is 0.351 e. The first-order valence-corrected chi connectivity index (χ1v) is 10.9. The SMILES string of the molecule is NS(=O)(=O)c1cc(C2=NOS(=O)N2)c(Nc2ccc(I)cc2Cl)c(F)c1F. The van der Waals surface area contributed by atoms with Gasteiger partial charge in [0.05, 0.1) is 16.4 Å². The number of rotatable bonds is 4. The van der Waals surface area contributed by atoms with Gasteiger partial charge in [-0.2, -0.15) is 4.21 Å². The van der Waals surface area contributed by atoms with Gasteiger partial charge in [0.2, 0.25) is 10.0 Å². The summed E-state index contributed by atoms with van der Waals surface area (Å²) in [5.41, 5.74) is -0.573. The molecule has 1 unspecified atom stereocenters. The minimum atomic E-state index is -4.59. The van der Waals surface area contributed by atoms with E-state index in [-0.39, 0.29) is 22.1 Å². The Morgan fingerprint density at radius 3 is 2.56 bits per heavy atom. The Balaban J connectivity index is 2.22. The molecule has 1 heterocycles. The minimum absolute atomic E-state index is 0.198. The molecule has 0 aromatic heterocycles. The summed E-state index contributed by atoms with van der Waals surface area (Å²) < 4.78 is 71.0. The van der Waals surface area contributed by atoms with Crippen LogP contribution in [0.15, 0.2) is 34.3 Å². The van der Waals surface area contributed by atoms with Crippen molar-refractivity contribution in [1.29, 1.82) is 0 Å². The number of hydrogen-bond donors (Lipinski definition) is 3. The summed E-state index contributed by atoms with van der Waals surface area (Å²) >= 11 is 6.04. The first kappa shape index (κ1) is 20.2. The molecular weight excluding hydrogens is 541 g/mol. The number of halogens is 4. The monoisotopic (exact) mass is 548 g/mol. The molecule has 1 aliphatic rings. The third-order valence-corrected chi connectivity index (χ3v) is 5.77. The van der Waals surface area contributed by atoms with Gasteiger partial charge in [0.25, 0.3) is 0 Å². The summed E-state index contributed by atoms with van der Waals surface area (Å²) in [6.07, 6.45) is 0. The Morgan fingerprint density at radius 2 is 2.00 bits per heavy atom. The molecule has 14 heteroatoms. The Hall–Kier alpha value is -1.55. The summed E-state index contributed by atoms with van der Waals surface area (Å²) in [6.45, 7) is 0. The number of benzene rings is 2. The van der Waals surface area contributed by atoms with Crippen LogP contribution in [0.3, 0.4) is 0 Å². The predicted octanol–water partition coefficient (Wildman–Crippen LogP) is 2.47. The van der Waals surface area contributed by atoms with E-state index < -0.39 is 43.5 Å². The number of oxime groups is 1. The number of nitrogens with one attached hydrogen (secondary N) is 2. The van der Waals surface area contributed by atoms with Gasteiger partial charge >= 0.3 is 11.3 Å². The van der Waals surface area contributed by atoms with E-state index in [1.165, 1.54) is 6.07 Å². The van der Waals surface area contributed by atoms with Crippen molar-refractivity contribution in [3.63, 3.8) is 0 Å². The minimum Gasteiger partial charge on any atom is -0.351 e. The van der Waals surface area contributed by atoms with Gasteiger partial charge in [-0.3, -0.25) is 9.01 Å². The van der Waals surface area contributed by atoms with Crippen molar-refractivity contribution >= 4 is 72.7 Å². The third kappa shape index (κ3) is 4.16. The lowest BCUT2D eigenvalue weighted by atomic mass is 10.1. The summed E-state index contributed by atoms with van der Waals surface area (Å²) in [5.74, 6) is -3.53. The van der Waals surface area contributed by atoms with E-state index in [0.717, 1.165) is 9.64 Å². The van der Waals surface area contributed by atoms with E-state index in [4.69, 9.17) is 16.7 Å². The van der Waals surface area contributed by atoms with Gasteiger partial charge in [-0.15, -0.1) is 0 Å². The van der Waals surface area contributed by atoms with E-state index >= 15 is 0 Å². The molecule has 0 saturated heterocycles. The van der Waals surface area contributed by atoms with Gasteiger partial charge in [0.15, 0.2) is 17.5 Å². The first-order chi connectivity index (χ1) is 12.6. The quantitative estimate of drug-likeness (QED) is 0.507. The molecule has 8 nitrogen and oxygen atoms in total. The van der Waals surface area contributed by atoms with Crippen LogP contribution in [0.25, 0.3) is 0 Å². The Morgan fingerprint density at radius 1 is 1.30 bits per heavy atom. The first-order valence-electron chi connectivity index (χ1n) is 6.79. The molecule has 0 amide bonds. The maximum absolute atomic E-state index is 14.7. The van der Waals surface area contributed by atoms with E-state index in [2.05, 4.69) is 19.5 Å². The molecular formula is C13H8ClF2IN4O4S2. The highest BCUT2D eigenvalue weighted by molar-refractivity contribution is 14.1. The zero-order chi connectivity index (χ0) is 19.9. The average Bonchev–Trinajstić information content (AvgIpc) is 2.99. The highest BCUT2D eigenvalue weighted by Crippen LogP contribution is 2.34. The number of primary sulfonamides is 1. The van der Waals surface area contributed by atoms with Gasteiger partial charge < -0.3 is 5.32 Å². The van der Waals surface area contributed by atoms with E-state index in [0.29, 0.717) is 0 Å². The second-order valence-corrected chi connectivity index (χ2v) is 9.08. The van der Waals surface area contributed by atoms with Crippen molar-refractivity contribution in [2.75, 3.05) is 5.32 Å². The zero-order valence-electron chi connectivity index (χ0n) is 12.8. The number of anilines is 2. The maximum Gasteiger partial charge on any atom is 0.338 e. The highest BCUT2D eigenvalue weighted by atomic mass is 127. The van der Waals surface area contributed by atoms with Crippen molar-refractivity contribution in [2.45, 2.75) is 4.90 Å². The van der Waals surface area contributed by atoms with Crippen LogP contribution in [-0.4, -0.2) is 18.5 Å². The van der Waals surface area contributed by atoms with Crippen molar-refractivity contribution in [2.24, 2.45) is 10.3 Å². The average molecular weight is 549 g/mol. The van der Waals surface area contributed by atoms with Crippen LogP contribution in [0.2, 0.25) is 5.02 Å². The molecule has 0 saturated carbocycles. The van der Waals surface area contributed by atoms with E-state index in [9.17, 15) is 21.4 Å². The lowest BCUT2D eigenvalue weighted by molar-refractivity contribution is 0.385. The lowest BCUT2D eigenvalue weighted by Crippen LogP contribution is -2.24. The summed E-state index contributed by atoms with van der Waals surface area (Å²) in [5, 5.41) is 11.1. The molecule has 0 aliphatic carbocycles. The fourth-order valence-corrected chi connectivity index (χ4v) is 4.14. The molecule has 3 rings (SSSR count). The molecule has 2 aromatic carbocycles. The Bertz CT molecular complexity index is 1110. The highest BCUT2D eigenvalue weighted by Gasteiger charge is 2.29. The molecule has 0 fully saturated rings. The predicted molar refractivity (Wildman–Crippen MR) is 104 cm³/mol. The van der Waals surface area contributed by atoms with Gasteiger partial charge in [-0.25, -0.2) is 22.3 Å². The summed E-state index contributed by atoms with van der Waals surface area (Å²) in [4.78, 5) is -1.10. The van der Waals surface area contributed by atoms with Crippen LogP contribution in [-0.2, 0) is 25.6 Å². The van der Waals surface area contributed by atoms with Crippen molar-refractivity contribution in [3.05, 3.63) is 50.1 Å². The maximum atomic E-state index is 14.7. The smallest absolute Gasteiger partial charge is 0.338 e. The molecule has 0 spiro atoms. The fourth-order valence-electron chi connectivity index (χ4n) is 2.14. The van der Waals surface area contributed by atoms with Gasteiger partial charge in [0.1, 0.15) is 4.90 Å². The van der Waals surface area contributed by atoms with Crippen LogP contribution >= 0.6 is 34.2 Å². The van der Waals surface area contributed by atoms with Crippen LogP contribution in [0.1, 0.15) is 5.56 Å². The lowest BCUT2D eigenvalue weighted by Gasteiger charge is -2.16. The molecule has 2 aromatic rings. The van der Waals surface area contributed by atoms with E-state index in [1.807, 2.05) is 22.6 Å². The molecule has 27 heavy (non-hydrogen) atoms. The number of hydrogen-bond acceptors (Lipinski definition) is 6. The summed E-state index contributed by atoms with van der Waals surface area (Å²) in [7, 11) is -4.59. The van der Waals surface area contributed by atoms with Gasteiger partial charge in [-0.05, 0) is 52.0 Å². The van der Waals surface area contributed by atoms with Crippen molar-refractivity contribution in [1.82, 2.24) is 4.72 Å². The molecule has 144 valence electrons. The standard InChI is InChI=1S/C13H8ClF2IN4O4S2/c14-7-3-5(17)1-2-8(7)19-12-6(13-20-25-26(22)21-13)4-9(27(18,23)24)10(15)11(12)16/h1-4,19H,(H,20,21)(H2,18,23,24). The van der Waals surface area contributed by atoms with Crippen molar-refractivity contribution < 1.29 is 25.7 Å². The normalized spacial score (nSPS) is 16.5. The second-order valence-electron chi connectivity index (χ2n) is 5.07. The topological polar surface area (TPSA) is 123 Å². The molecule has 1 aliphatic heterocycles. The van der Waals surface area contributed by atoms with E-state index in [1.54, 1.807) is 12.1 Å². The zero-order valence-corrected chi connectivity index (χ0v) is 17.3. The van der Waals surface area contributed by atoms with Crippen LogP contribution in [0.5, 0.6) is 0 Å². The number of sulfonamides is 1. The van der Waals surface area contributed by atoms with Gasteiger partial charge in [0, 0.05) is 9.13 Å². The van der Waals surface area contributed by atoms with Crippen LogP contribution in [0, 0.1) is 15.2 Å². The Labute approximate surface area is 173 Å². The van der Waals surface area contributed by atoms with Gasteiger partial charge in [-0.1, -0.05) is 11.6 Å². The number of nitrogens with two attached hydrogens (primary N) is 1. The molecule has 0 bridgehead atoms. The Kier molecular flexibility index (Phi) is 5.58. The number of amidine groups is 1. The summed E-state index contributed by atoms with van der Waals surface area (Å²) in [6, 6.07) is 5.48. The second kappa shape index (κ2) is 7.46. The fraction of sp³-hybridized carbons (Fsp3) is 0. The number of nitrogens with zero attached hydrogens (tertiary/aromatic N) is 1. The third-order valence-electron chi connectivity index (χ3n) is 3.30. The molecule has 0 radical (unpaired) electrons.